The number of nitrogens with zero attached hydrogens (tertiary/aromatic N) is 2. The van der Waals surface area contributed by atoms with Gasteiger partial charge in [-0.05, 0) is 62.7 Å². The maximum Gasteiger partial charge on any atom is 0.124 e. The van der Waals surface area contributed by atoms with Gasteiger partial charge in [-0.25, -0.2) is 4.39 Å². The predicted octanol–water partition coefficient (Wildman–Crippen LogP) is 2.13. The van der Waals surface area contributed by atoms with Crippen LogP contribution < -0.4 is 5.32 Å². The first kappa shape index (κ1) is 14.0. The minimum Gasteiger partial charge on any atom is -0.317 e. The fourth-order valence-corrected chi connectivity index (χ4v) is 2.69. The lowest BCUT2D eigenvalue weighted by Crippen LogP contribution is -2.34. The number of nitrogens with one attached hydrogen (secondary N) is 1. The van der Waals surface area contributed by atoms with Crippen molar-refractivity contribution in [3.05, 3.63) is 35.1 Å². The number of nitriles is 1. The van der Waals surface area contributed by atoms with E-state index >= 15 is 0 Å². The molecule has 0 aromatic heterocycles. The first-order valence-corrected chi connectivity index (χ1v) is 6.76. The van der Waals surface area contributed by atoms with Gasteiger partial charge in [0.1, 0.15) is 5.82 Å². The molecule has 1 N–H and O–H groups in total. The van der Waals surface area contributed by atoms with Gasteiger partial charge in [-0.15, -0.1) is 0 Å². The van der Waals surface area contributed by atoms with Crippen LogP contribution in [0, 0.1) is 23.1 Å². The van der Waals surface area contributed by atoms with Gasteiger partial charge in [0.25, 0.3) is 0 Å². The van der Waals surface area contributed by atoms with Gasteiger partial charge in [-0.1, -0.05) is 0 Å². The molecule has 0 spiro atoms. The molecule has 0 atom stereocenters. The van der Waals surface area contributed by atoms with Crippen LogP contribution in [0.1, 0.15) is 24.0 Å². The first-order valence-electron chi connectivity index (χ1n) is 6.76. The fraction of sp³-hybridized carbons (Fsp3) is 0.533. The molecule has 0 radical (unpaired) electrons. The van der Waals surface area contributed by atoms with Gasteiger partial charge in [-0.3, -0.25) is 0 Å². The van der Waals surface area contributed by atoms with Crippen LogP contribution in [0.25, 0.3) is 0 Å². The van der Waals surface area contributed by atoms with Gasteiger partial charge in [0.05, 0.1) is 11.6 Å². The quantitative estimate of drug-likeness (QED) is 0.902. The molecule has 1 saturated heterocycles. The van der Waals surface area contributed by atoms with Crippen LogP contribution in [0.3, 0.4) is 0 Å². The molecular weight excluding hydrogens is 241 g/mol. The third-order valence-corrected chi connectivity index (χ3v) is 3.57. The molecule has 1 heterocycles. The minimum absolute atomic E-state index is 0.329. The molecule has 1 aromatic carbocycles. The largest absolute Gasteiger partial charge is 0.317 e. The fourth-order valence-electron chi connectivity index (χ4n) is 2.69. The topological polar surface area (TPSA) is 39.1 Å². The smallest absolute Gasteiger partial charge is 0.124 e. The number of piperidine rings is 1. The van der Waals surface area contributed by atoms with Crippen molar-refractivity contribution in [1.29, 1.82) is 5.26 Å². The highest BCUT2D eigenvalue weighted by Gasteiger charge is 2.15. The SMILES string of the molecule is CN(Cc1cc(F)cc(C#N)c1)CC1CCNCC1. The molecule has 1 aromatic rings. The van der Waals surface area contributed by atoms with Crippen LogP contribution >= 0.6 is 0 Å². The molecule has 0 amide bonds. The Balaban J connectivity index is 1.92. The Bertz CT molecular complexity index is 461. The van der Waals surface area contributed by atoms with E-state index in [1.807, 2.05) is 6.07 Å². The third kappa shape index (κ3) is 4.30. The van der Waals surface area contributed by atoms with Gasteiger partial charge >= 0.3 is 0 Å². The van der Waals surface area contributed by atoms with Crippen molar-refractivity contribution >= 4 is 0 Å². The Kier molecular flexibility index (Phi) is 4.89. The lowest BCUT2D eigenvalue weighted by Gasteiger charge is -2.27. The van der Waals surface area contributed by atoms with E-state index in [2.05, 4.69) is 17.3 Å². The van der Waals surface area contributed by atoms with Crippen LogP contribution in [-0.4, -0.2) is 31.6 Å². The van der Waals surface area contributed by atoms with Gasteiger partial charge in [0.2, 0.25) is 0 Å². The minimum atomic E-state index is -0.329. The van der Waals surface area contributed by atoms with E-state index in [4.69, 9.17) is 5.26 Å². The molecule has 0 bridgehead atoms. The Morgan fingerprint density at radius 3 is 2.79 bits per heavy atom. The van der Waals surface area contributed by atoms with Crippen molar-refractivity contribution in [1.82, 2.24) is 10.2 Å². The summed E-state index contributed by atoms with van der Waals surface area (Å²) < 4.78 is 13.3. The zero-order chi connectivity index (χ0) is 13.7. The molecule has 0 unspecified atom stereocenters. The van der Waals surface area contributed by atoms with Gasteiger partial charge in [-0.2, -0.15) is 5.26 Å². The molecule has 0 saturated carbocycles. The van der Waals surface area contributed by atoms with Gasteiger partial charge in [0, 0.05) is 13.1 Å². The van der Waals surface area contributed by atoms with Crippen molar-refractivity contribution in [2.24, 2.45) is 5.92 Å². The van der Waals surface area contributed by atoms with Crippen LogP contribution in [0.15, 0.2) is 18.2 Å². The highest BCUT2D eigenvalue weighted by atomic mass is 19.1. The van der Waals surface area contributed by atoms with Crippen molar-refractivity contribution < 1.29 is 4.39 Å². The lowest BCUT2D eigenvalue weighted by molar-refractivity contribution is 0.234. The summed E-state index contributed by atoms with van der Waals surface area (Å²) >= 11 is 0. The summed E-state index contributed by atoms with van der Waals surface area (Å²) in [6.07, 6.45) is 2.41. The van der Waals surface area contributed by atoms with Crippen molar-refractivity contribution in [3.8, 4) is 6.07 Å². The lowest BCUT2D eigenvalue weighted by atomic mass is 9.97. The van der Waals surface area contributed by atoms with Crippen LogP contribution in [0.4, 0.5) is 4.39 Å². The van der Waals surface area contributed by atoms with Gasteiger partial charge in [0.15, 0.2) is 0 Å². The molecule has 3 nitrogen and oxygen atoms in total. The zero-order valence-electron chi connectivity index (χ0n) is 11.3. The number of hydrogen-bond acceptors (Lipinski definition) is 3. The Morgan fingerprint density at radius 2 is 2.11 bits per heavy atom. The van der Waals surface area contributed by atoms with E-state index in [0.717, 1.165) is 31.1 Å². The molecule has 1 aliphatic heterocycles. The average molecular weight is 261 g/mol. The van der Waals surface area contributed by atoms with E-state index in [1.165, 1.54) is 25.0 Å². The zero-order valence-corrected chi connectivity index (χ0v) is 11.3. The third-order valence-electron chi connectivity index (χ3n) is 3.57. The Hall–Kier alpha value is -1.44. The predicted molar refractivity (Wildman–Crippen MR) is 73.0 cm³/mol. The molecule has 19 heavy (non-hydrogen) atoms. The summed E-state index contributed by atoms with van der Waals surface area (Å²) in [4.78, 5) is 2.21. The normalized spacial score (nSPS) is 16.5. The standard InChI is InChI=1S/C15H20FN3/c1-19(10-12-2-4-18-5-3-12)11-14-6-13(9-17)7-15(16)8-14/h6-8,12,18H,2-5,10-11H2,1H3. The highest BCUT2D eigenvalue weighted by molar-refractivity contribution is 5.33. The second-order valence-electron chi connectivity index (χ2n) is 5.35. The first-order chi connectivity index (χ1) is 9.17. The number of hydrogen-bond donors (Lipinski definition) is 1. The summed E-state index contributed by atoms with van der Waals surface area (Å²) in [5, 5.41) is 12.2. The number of halogens is 1. The Morgan fingerprint density at radius 1 is 1.37 bits per heavy atom. The second kappa shape index (κ2) is 6.65. The summed E-state index contributed by atoms with van der Waals surface area (Å²) in [6, 6.07) is 6.55. The van der Waals surface area contributed by atoms with E-state index in [-0.39, 0.29) is 5.82 Å². The van der Waals surface area contributed by atoms with Crippen molar-refractivity contribution in [2.45, 2.75) is 19.4 Å². The summed E-state index contributed by atoms with van der Waals surface area (Å²) in [5.74, 6) is 0.388. The maximum absolute atomic E-state index is 13.3. The molecule has 4 heteroatoms. The molecular formula is C15H20FN3. The molecule has 102 valence electrons. The summed E-state index contributed by atoms with van der Waals surface area (Å²) in [7, 11) is 2.05. The average Bonchev–Trinajstić information content (AvgIpc) is 2.38. The van der Waals surface area contributed by atoms with E-state index in [0.29, 0.717) is 12.1 Å². The number of benzene rings is 1. The summed E-state index contributed by atoms with van der Waals surface area (Å²) in [5.41, 5.74) is 1.26. The summed E-state index contributed by atoms with van der Waals surface area (Å²) in [6.45, 7) is 3.91. The van der Waals surface area contributed by atoms with Crippen molar-refractivity contribution in [2.75, 3.05) is 26.7 Å². The second-order valence-corrected chi connectivity index (χ2v) is 5.35. The molecule has 1 aliphatic rings. The molecule has 0 aliphatic carbocycles. The Labute approximate surface area is 114 Å². The maximum atomic E-state index is 13.3. The van der Waals surface area contributed by atoms with E-state index in [9.17, 15) is 4.39 Å². The van der Waals surface area contributed by atoms with Crippen molar-refractivity contribution in [3.63, 3.8) is 0 Å². The monoisotopic (exact) mass is 261 g/mol. The molecule has 2 rings (SSSR count). The van der Waals surface area contributed by atoms with Crippen LogP contribution in [-0.2, 0) is 6.54 Å². The van der Waals surface area contributed by atoms with E-state index in [1.54, 1.807) is 6.07 Å². The van der Waals surface area contributed by atoms with E-state index < -0.39 is 0 Å². The molecule has 1 fully saturated rings. The van der Waals surface area contributed by atoms with Crippen LogP contribution in [0.5, 0.6) is 0 Å². The number of rotatable bonds is 4. The highest BCUT2D eigenvalue weighted by Crippen LogP contribution is 2.15. The van der Waals surface area contributed by atoms with Gasteiger partial charge < -0.3 is 10.2 Å². The van der Waals surface area contributed by atoms with Crippen LogP contribution in [0.2, 0.25) is 0 Å².